The Morgan fingerprint density at radius 2 is 1.91 bits per heavy atom. The fourth-order valence-corrected chi connectivity index (χ4v) is 6.61. The van der Waals surface area contributed by atoms with E-state index in [4.69, 9.17) is 9.47 Å². The van der Waals surface area contributed by atoms with E-state index in [1.165, 1.54) is 31.3 Å². The van der Waals surface area contributed by atoms with Crippen LogP contribution in [0, 0.1) is 11.3 Å². The molecule has 4 rings (SSSR count). The molecule has 0 saturated heterocycles. The smallest absolute Gasteiger partial charge is 0.146 e. The summed E-state index contributed by atoms with van der Waals surface area (Å²) in [6, 6.07) is 18.4. The second kappa shape index (κ2) is 10.9. The van der Waals surface area contributed by atoms with Gasteiger partial charge >= 0.3 is 0 Å². The van der Waals surface area contributed by atoms with Crippen LogP contribution in [-0.4, -0.2) is 25.1 Å². The second-order valence-corrected chi connectivity index (χ2v) is 10.7. The third kappa shape index (κ3) is 4.58. The van der Waals surface area contributed by atoms with E-state index in [0.717, 1.165) is 34.0 Å². The van der Waals surface area contributed by atoms with Crippen LogP contribution in [0.2, 0.25) is 0 Å². The molecule has 1 N–H and O–H groups in total. The van der Waals surface area contributed by atoms with Gasteiger partial charge in [0.15, 0.2) is 0 Å². The number of aliphatic hydroxyl groups is 1. The number of hydrogen-bond acceptors (Lipinski definition) is 3. The number of halogens is 1. The summed E-state index contributed by atoms with van der Waals surface area (Å²) in [5.74, 6) is 0.0977. The normalized spacial score (nSPS) is 28.1. The van der Waals surface area contributed by atoms with Crippen LogP contribution in [0.25, 0.3) is 5.57 Å². The maximum Gasteiger partial charge on any atom is 0.146 e. The molecule has 1 saturated carbocycles. The zero-order valence-corrected chi connectivity index (χ0v) is 22.0. The molecule has 3 nitrogen and oxygen atoms in total. The molecule has 0 radical (unpaired) electrons. The first-order valence-electron chi connectivity index (χ1n) is 12.5. The molecule has 0 amide bonds. The van der Waals surface area contributed by atoms with Crippen LogP contribution in [0.15, 0.2) is 77.3 Å². The average molecular weight is 526 g/mol. The summed E-state index contributed by atoms with van der Waals surface area (Å²) in [6.45, 7) is 7.10. The lowest BCUT2D eigenvalue weighted by Gasteiger charge is -2.43. The predicted octanol–water partition coefficient (Wildman–Crippen LogP) is 7.65. The summed E-state index contributed by atoms with van der Waals surface area (Å²) in [6.07, 6.45) is 9.64. The Morgan fingerprint density at radius 3 is 2.62 bits per heavy atom. The highest BCUT2D eigenvalue weighted by atomic mass is 79.9. The Labute approximate surface area is 213 Å². The Kier molecular flexibility index (Phi) is 8.14. The fourth-order valence-electron chi connectivity index (χ4n) is 6.21. The second-order valence-electron chi connectivity index (χ2n) is 9.82. The Balaban J connectivity index is 1.83. The summed E-state index contributed by atoms with van der Waals surface area (Å²) >= 11 is 3.62. The van der Waals surface area contributed by atoms with E-state index in [-0.39, 0.29) is 18.8 Å². The first kappa shape index (κ1) is 25.4. The molecule has 1 fully saturated rings. The van der Waals surface area contributed by atoms with Gasteiger partial charge in [-0.15, -0.1) is 0 Å². The van der Waals surface area contributed by atoms with Gasteiger partial charge in [-0.25, -0.2) is 0 Å². The van der Waals surface area contributed by atoms with E-state index >= 15 is 0 Å². The number of hydrogen-bond donors (Lipinski definition) is 1. The van der Waals surface area contributed by atoms with Crippen molar-refractivity contribution < 1.29 is 14.6 Å². The lowest BCUT2D eigenvalue weighted by molar-refractivity contribution is -0.0890. The van der Waals surface area contributed by atoms with Gasteiger partial charge in [-0.1, -0.05) is 103 Å². The van der Waals surface area contributed by atoms with Crippen LogP contribution >= 0.6 is 15.9 Å². The van der Waals surface area contributed by atoms with Gasteiger partial charge in [0, 0.05) is 23.9 Å². The van der Waals surface area contributed by atoms with E-state index in [9.17, 15) is 5.11 Å². The molecule has 182 valence electrons. The third-order valence-electron chi connectivity index (χ3n) is 7.80. The van der Waals surface area contributed by atoms with Crippen LogP contribution < -0.4 is 0 Å². The van der Waals surface area contributed by atoms with Crippen molar-refractivity contribution in [1.82, 2.24) is 0 Å². The predicted molar refractivity (Wildman–Crippen MR) is 142 cm³/mol. The van der Waals surface area contributed by atoms with Gasteiger partial charge in [-0.2, -0.15) is 0 Å². The summed E-state index contributed by atoms with van der Waals surface area (Å²) in [4.78, 5) is 0. The molecule has 2 aliphatic carbocycles. The monoisotopic (exact) mass is 524 g/mol. The molecule has 0 aliphatic heterocycles. The quantitative estimate of drug-likeness (QED) is 0.186. The minimum atomic E-state index is -1.14. The van der Waals surface area contributed by atoms with E-state index in [2.05, 4.69) is 47.6 Å². The number of fused-ring (bicyclic) bond motifs is 1. The third-order valence-corrected chi connectivity index (χ3v) is 8.30. The van der Waals surface area contributed by atoms with E-state index in [1.807, 2.05) is 42.5 Å². The summed E-state index contributed by atoms with van der Waals surface area (Å²) in [5.41, 5.74) is 2.56. The largest absolute Gasteiger partial charge is 0.384 e. The molecule has 0 aromatic heterocycles. The summed E-state index contributed by atoms with van der Waals surface area (Å²) in [7, 11) is 1.65. The lowest BCUT2D eigenvalue weighted by Crippen LogP contribution is -2.43. The van der Waals surface area contributed by atoms with E-state index < -0.39 is 11.0 Å². The topological polar surface area (TPSA) is 38.7 Å². The molecular formula is C30H37BrO3. The van der Waals surface area contributed by atoms with E-state index in [1.54, 1.807) is 7.11 Å². The van der Waals surface area contributed by atoms with Gasteiger partial charge < -0.3 is 14.6 Å². The molecule has 34 heavy (non-hydrogen) atoms. The fraction of sp³-hybridized carbons (Fsp3) is 0.467. The standard InChI is InChI=1S/C30H37BrO3/c1-4-5-6-8-12-23-17-27-28(34-21-33-3)20-30(32,25-15-11-16-26(31)18-25)29(27,19-23)22(2)24-13-9-7-10-14-24/h7,9-11,13-16,18-19,27-28,32H,2,4-6,8,12,17,20-21H2,1,3H3. The minimum Gasteiger partial charge on any atom is -0.384 e. The summed E-state index contributed by atoms with van der Waals surface area (Å²) < 4.78 is 12.5. The molecule has 2 aliphatic rings. The molecule has 2 aromatic rings. The molecule has 0 heterocycles. The molecular weight excluding hydrogens is 488 g/mol. The highest BCUT2D eigenvalue weighted by Crippen LogP contribution is 2.68. The molecule has 4 heteroatoms. The number of allylic oxidation sites excluding steroid dienone is 1. The van der Waals surface area contributed by atoms with Crippen LogP contribution in [0.5, 0.6) is 0 Å². The van der Waals surface area contributed by atoms with Gasteiger partial charge in [-0.05, 0) is 48.1 Å². The first-order chi connectivity index (χ1) is 16.5. The number of rotatable bonds is 11. The maximum atomic E-state index is 12.7. The lowest BCUT2D eigenvalue weighted by atomic mass is 9.62. The Hall–Kier alpha value is -1.72. The highest BCUT2D eigenvalue weighted by Gasteiger charge is 2.66. The van der Waals surface area contributed by atoms with E-state index in [0.29, 0.717) is 6.42 Å². The van der Waals surface area contributed by atoms with Gasteiger partial charge in [0.25, 0.3) is 0 Å². The molecule has 2 aromatic carbocycles. The number of methoxy groups -OCH3 is 1. The van der Waals surface area contributed by atoms with Crippen molar-refractivity contribution in [3.8, 4) is 0 Å². The molecule has 4 unspecified atom stereocenters. The zero-order chi connectivity index (χ0) is 24.2. The molecule has 0 bridgehead atoms. The zero-order valence-electron chi connectivity index (χ0n) is 20.4. The minimum absolute atomic E-state index is 0.0977. The van der Waals surface area contributed by atoms with Gasteiger partial charge in [0.2, 0.25) is 0 Å². The van der Waals surface area contributed by atoms with Gasteiger partial charge in [0.1, 0.15) is 12.4 Å². The molecule has 0 spiro atoms. The average Bonchev–Trinajstić information content (AvgIpc) is 3.35. The van der Waals surface area contributed by atoms with Crippen molar-refractivity contribution >= 4 is 21.5 Å². The number of ether oxygens (including phenoxy) is 2. The Bertz CT molecular complexity index is 1020. The highest BCUT2D eigenvalue weighted by molar-refractivity contribution is 9.10. The SMILES string of the molecule is C=C(c1ccccc1)C12C=C(CCCCCC)CC1C(OCOC)CC2(O)c1cccc(Br)c1. The van der Waals surface area contributed by atoms with Crippen molar-refractivity contribution in [2.75, 3.05) is 13.9 Å². The number of benzene rings is 2. The number of unbranched alkanes of at least 4 members (excludes halogenated alkanes) is 3. The first-order valence-corrected chi connectivity index (χ1v) is 13.3. The Morgan fingerprint density at radius 1 is 1.12 bits per heavy atom. The van der Waals surface area contributed by atoms with Crippen LogP contribution in [0.3, 0.4) is 0 Å². The van der Waals surface area contributed by atoms with Crippen molar-refractivity contribution in [3.05, 3.63) is 88.4 Å². The van der Waals surface area contributed by atoms with Crippen LogP contribution in [0.4, 0.5) is 0 Å². The molecule has 4 atom stereocenters. The van der Waals surface area contributed by atoms with Crippen molar-refractivity contribution in [1.29, 1.82) is 0 Å². The van der Waals surface area contributed by atoms with Crippen molar-refractivity contribution in [2.45, 2.75) is 63.6 Å². The van der Waals surface area contributed by atoms with Crippen molar-refractivity contribution in [2.24, 2.45) is 11.3 Å². The maximum absolute atomic E-state index is 12.7. The van der Waals surface area contributed by atoms with Crippen molar-refractivity contribution in [3.63, 3.8) is 0 Å². The van der Waals surface area contributed by atoms with Gasteiger partial charge in [0.05, 0.1) is 11.5 Å². The van der Waals surface area contributed by atoms with Crippen LogP contribution in [0.1, 0.15) is 63.0 Å². The van der Waals surface area contributed by atoms with Gasteiger partial charge in [-0.3, -0.25) is 0 Å². The van der Waals surface area contributed by atoms with Crippen LogP contribution in [-0.2, 0) is 15.1 Å². The summed E-state index contributed by atoms with van der Waals surface area (Å²) in [5, 5.41) is 12.7.